The fourth-order valence-electron chi connectivity index (χ4n) is 4.57. The van der Waals surface area contributed by atoms with Crippen molar-refractivity contribution in [2.45, 2.75) is 45.4 Å². The molecule has 1 saturated heterocycles. The van der Waals surface area contributed by atoms with Gasteiger partial charge in [-0.2, -0.15) is 4.80 Å². The van der Waals surface area contributed by atoms with Crippen molar-refractivity contribution in [3.05, 3.63) is 81.8 Å². The predicted molar refractivity (Wildman–Crippen MR) is 146 cm³/mol. The zero-order valence-corrected chi connectivity index (χ0v) is 22.5. The third-order valence-electron chi connectivity index (χ3n) is 6.78. The van der Waals surface area contributed by atoms with Gasteiger partial charge in [0.1, 0.15) is 18.4 Å². The summed E-state index contributed by atoms with van der Waals surface area (Å²) in [6, 6.07) is 14.2. The van der Waals surface area contributed by atoms with Gasteiger partial charge in [0, 0.05) is 29.3 Å². The average Bonchev–Trinajstić information content (AvgIpc) is 3.72. The first kappa shape index (κ1) is 26.6. The Morgan fingerprint density at radius 2 is 2.00 bits per heavy atom. The Bertz CT molecular complexity index is 1430. The number of aryl methyl sites for hydroxylation is 1. The van der Waals surface area contributed by atoms with Crippen molar-refractivity contribution < 1.29 is 18.7 Å². The summed E-state index contributed by atoms with van der Waals surface area (Å²) in [6.45, 7) is 4.71. The van der Waals surface area contributed by atoms with Gasteiger partial charge in [0.2, 0.25) is 11.7 Å². The molecule has 0 spiro atoms. The van der Waals surface area contributed by atoms with Crippen molar-refractivity contribution >= 4 is 28.8 Å². The quantitative estimate of drug-likeness (QED) is 0.336. The number of hydrogen-bond donors (Lipinski definition) is 1. The van der Waals surface area contributed by atoms with E-state index in [1.54, 1.807) is 12.1 Å². The van der Waals surface area contributed by atoms with E-state index in [0.717, 1.165) is 28.8 Å². The molecule has 9 nitrogen and oxygen atoms in total. The van der Waals surface area contributed by atoms with E-state index in [9.17, 15) is 14.0 Å². The number of benzene rings is 2. The molecule has 2 amide bonds. The van der Waals surface area contributed by atoms with E-state index < -0.39 is 6.04 Å². The summed E-state index contributed by atoms with van der Waals surface area (Å²) in [6.07, 6.45) is 1.82. The number of carbonyl (C=O) groups excluding carboxylic acids is 2. The molecule has 0 aliphatic carbocycles. The number of amides is 2. The summed E-state index contributed by atoms with van der Waals surface area (Å²) in [5, 5.41) is 17.3. The zero-order valence-electron chi connectivity index (χ0n) is 21.7. The summed E-state index contributed by atoms with van der Waals surface area (Å²) in [4.78, 5) is 31.2. The molecule has 1 fully saturated rings. The Morgan fingerprint density at radius 1 is 1.18 bits per heavy atom. The molecule has 4 aromatic rings. The second-order valence-electron chi connectivity index (χ2n) is 9.43. The number of nitrogens with one attached hydrogen (secondary N) is 1. The Labute approximate surface area is 229 Å². The highest BCUT2D eigenvalue weighted by atomic mass is 32.1. The molecule has 0 saturated carbocycles. The minimum absolute atomic E-state index is 0.0352. The van der Waals surface area contributed by atoms with Gasteiger partial charge >= 0.3 is 0 Å². The zero-order chi connectivity index (χ0) is 27.4. The van der Waals surface area contributed by atoms with Crippen LogP contribution >= 0.6 is 11.3 Å². The summed E-state index contributed by atoms with van der Waals surface area (Å²) < 4.78 is 19.0. The molecule has 1 aliphatic heterocycles. The SMILES string of the molecule is Cc1cccc(N(C(=O)Cn2nnc(-c3ccc(F)cc3)n2)[C@@H](C(=O)NC[C@@H]2CCCO2)c2cccs2)c1C. The molecule has 2 aromatic heterocycles. The van der Waals surface area contributed by atoms with Crippen LogP contribution in [0, 0.1) is 19.7 Å². The van der Waals surface area contributed by atoms with Crippen molar-refractivity contribution in [1.82, 2.24) is 25.5 Å². The van der Waals surface area contributed by atoms with Gasteiger partial charge in [-0.05, 0) is 84.8 Å². The maximum absolute atomic E-state index is 14.0. The van der Waals surface area contributed by atoms with Crippen LogP contribution < -0.4 is 10.2 Å². The molecular formula is C28H29FN6O3S. The van der Waals surface area contributed by atoms with Crippen LogP contribution in [0.4, 0.5) is 10.1 Å². The lowest BCUT2D eigenvalue weighted by molar-refractivity contribution is -0.127. The van der Waals surface area contributed by atoms with E-state index in [4.69, 9.17) is 4.74 Å². The topological polar surface area (TPSA) is 102 Å². The number of hydrogen-bond acceptors (Lipinski definition) is 7. The normalized spacial score (nSPS) is 15.7. The van der Waals surface area contributed by atoms with Crippen molar-refractivity contribution in [3.63, 3.8) is 0 Å². The maximum atomic E-state index is 14.0. The Balaban J connectivity index is 1.47. The van der Waals surface area contributed by atoms with E-state index in [1.807, 2.05) is 49.6 Å². The summed E-state index contributed by atoms with van der Waals surface area (Å²) >= 11 is 1.41. The second-order valence-corrected chi connectivity index (χ2v) is 10.4. The third-order valence-corrected chi connectivity index (χ3v) is 7.71. The third kappa shape index (κ3) is 6.04. The minimum atomic E-state index is -0.903. The van der Waals surface area contributed by atoms with Crippen molar-refractivity contribution in [2.24, 2.45) is 0 Å². The number of rotatable bonds is 9. The summed E-state index contributed by atoms with van der Waals surface area (Å²) in [5.41, 5.74) is 3.08. The molecule has 5 rings (SSSR count). The number of tetrazole rings is 1. The lowest BCUT2D eigenvalue weighted by atomic mass is 10.0. The minimum Gasteiger partial charge on any atom is -0.376 e. The lowest BCUT2D eigenvalue weighted by Gasteiger charge is -2.32. The van der Waals surface area contributed by atoms with Crippen LogP contribution in [0.15, 0.2) is 60.0 Å². The first-order chi connectivity index (χ1) is 18.9. The molecule has 11 heteroatoms. The van der Waals surface area contributed by atoms with Gasteiger partial charge in [0.15, 0.2) is 0 Å². The van der Waals surface area contributed by atoms with Gasteiger partial charge in [-0.25, -0.2) is 4.39 Å². The molecule has 2 aromatic carbocycles. The van der Waals surface area contributed by atoms with Gasteiger partial charge in [0.05, 0.1) is 6.10 Å². The molecule has 39 heavy (non-hydrogen) atoms. The number of aromatic nitrogens is 4. The summed E-state index contributed by atoms with van der Waals surface area (Å²) in [5.74, 6) is -0.772. The van der Waals surface area contributed by atoms with Crippen LogP contribution in [-0.4, -0.2) is 51.3 Å². The number of halogens is 1. The fraction of sp³-hybridized carbons (Fsp3) is 0.321. The fourth-order valence-corrected chi connectivity index (χ4v) is 5.39. The Morgan fingerprint density at radius 3 is 2.72 bits per heavy atom. The van der Waals surface area contributed by atoms with Gasteiger partial charge in [0.25, 0.3) is 5.91 Å². The average molecular weight is 549 g/mol. The van der Waals surface area contributed by atoms with E-state index in [2.05, 4.69) is 20.7 Å². The number of ether oxygens (including phenoxy) is 1. The molecule has 0 radical (unpaired) electrons. The number of carbonyl (C=O) groups is 2. The van der Waals surface area contributed by atoms with Crippen LogP contribution in [0.1, 0.15) is 34.9 Å². The van der Waals surface area contributed by atoms with Crippen LogP contribution in [0.5, 0.6) is 0 Å². The predicted octanol–water partition coefficient (Wildman–Crippen LogP) is 4.23. The van der Waals surface area contributed by atoms with Crippen LogP contribution in [0.3, 0.4) is 0 Å². The number of thiophene rings is 1. The maximum Gasteiger partial charge on any atom is 0.251 e. The molecule has 1 aliphatic rings. The molecule has 1 N–H and O–H groups in total. The van der Waals surface area contributed by atoms with E-state index in [0.29, 0.717) is 24.4 Å². The van der Waals surface area contributed by atoms with Crippen LogP contribution in [-0.2, 0) is 20.9 Å². The van der Waals surface area contributed by atoms with Gasteiger partial charge in [-0.3, -0.25) is 14.5 Å². The van der Waals surface area contributed by atoms with Crippen LogP contribution in [0.25, 0.3) is 11.4 Å². The first-order valence-corrected chi connectivity index (χ1v) is 13.6. The van der Waals surface area contributed by atoms with E-state index in [-0.39, 0.29) is 36.1 Å². The smallest absolute Gasteiger partial charge is 0.251 e. The molecule has 0 bridgehead atoms. The highest BCUT2D eigenvalue weighted by molar-refractivity contribution is 7.10. The summed E-state index contributed by atoms with van der Waals surface area (Å²) in [7, 11) is 0. The standard InChI is InChI=1S/C28H29FN6O3S/c1-18-6-3-8-23(19(18)2)35(25(36)17-34-32-27(31-33-34)20-10-12-21(29)13-11-20)26(24-9-5-15-39-24)28(37)30-16-22-7-4-14-38-22/h3,5-6,8-13,15,22,26H,4,7,14,16-17H2,1-2H3,(H,30,37)/t22-,26+/m0/s1. The number of anilines is 1. The van der Waals surface area contributed by atoms with Crippen molar-refractivity contribution in [2.75, 3.05) is 18.1 Å². The van der Waals surface area contributed by atoms with Crippen LogP contribution in [0.2, 0.25) is 0 Å². The van der Waals surface area contributed by atoms with E-state index in [1.165, 1.54) is 33.2 Å². The number of nitrogens with zero attached hydrogens (tertiary/aromatic N) is 5. The Hall–Kier alpha value is -3.96. The molecule has 2 atom stereocenters. The van der Waals surface area contributed by atoms with Gasteiger partial charge < -0.3 is 10.1 Å². The second kappa shape index (κ2) is 11.8. The highest BCUT2D eigenvalue weighted by Gasteiger charge is 2.35. The lowest BCUT2D eigenvalue weighted by Crippen LogP contribution is -2.46. The Kier molecular flexibility index (Phi) is 8.08. The first-order valence-electron chi connectivity index (χ1n) is 12.8. The molecule has 202 valence electrons. The van der Waals surface area contributed by atoms with Crippen molar-refractivity contribution in [1.29, 1.82) is 0 Å². The van der Waals surface area contributed by atoms with Gasteiger partial charge in [-0.1, -0.05) is 18.2 Å². The monoisotopic (exact) mass is 548 g/mol. The highest BCUT2D eigenvalue weighted by Crippen LogP contribution is 2.34. The molecule has 0 unspecified atom stereocenters. The van der Waals surface area contributed by atoms with E-state index >= 15 is 0 Å². The van der Waals surface area contributed by atoms with Crippen molar-refractivity contribution in [3.8, 4) is 11.4 Å². The van der Waals surface area contributed by atoms with Gasteiger partial charge in [-0.15, -0.1) is 21.5 Å². The molecular weight excluding hydrogens is 519 g/mol. The largest absolute Gasteiger partial charge is 0.376 e. The molecule has 3 heterocycles.